The van der Waals surface area contributed by atoms with Crippen molar-refractivity contribution in [2.75, 3.05) is 19.8 Å². The Kier molecular flexibility index (Phi) is 5.48. The molecule has 0 amide bonds. The number of carbonyl (C=O) groups excluding carboxylic acids is 1. The lowest BCUT2D eigenvalue weighted by Crippen LogP contribution is -2.39. The largest absolute Gasteiger partial charge is 0.463 e. The maximum atomic E-state index is 11.5. The highest BCUT2D eigenvalue weighted by Gasteiger charge is 2.46. The van der Waals surface area contributed by atoms with Gasteiger partial charge in [0, 0.05) is 12.5 Å². The first-order valence-corrected chi connectivity index (χ1v) is 8.33. The van der Waals surface area contributed by atoms with Crippen molar-refractivity contribution in [2.24, 2.45) is 5.41 Å². The zero-order valence-electron chi connectivity index (χ0n) is 14.9. The first kappa shape index (κ1) is 18.0. The first-order chi connectivity index (χ1) is 10.8. The smallest absolute Gasteiger partial charge is 0.330 e. The maximum Gasteiger partial charge on any atom is 0.330 e. The normalized spacial score (nSPS) is 23.8. The Labute approximate surface area is 139 Å². The maximum absolute atomic E-state index is 11.5. The van der Waals surface area contributed by atoms with Crippen LogP contribution >= 0.6 is 0 Å². The van der Waals surface area contributed by atoms with Gasteiger partial charge in [0.05, 0.1) is 19.8 Å². The molecule has 0 aromatic rings. The summed E-state index contributed by atoms with van der Waals surface area (Å²) in [5.74, 6) is -0.851. The molecule has 0 atom stereocenters. The van der Waals surface area contributed by atoms with Crippen LogP contribution in [-0.2, 0) is 19.0 Å². The molecule has 1 aliphatic carbocycles. The van der Waals surface area contributed by atoms with Crippen LogP contribution in [0.3, 0.4) is 0 Å². The molecule has 0 saturated carbocycles. The van der Waals surface area contributed by atoms with Gasteiger partial charge in [-0.1, -0.05) is 26.0 Å². The average molecular weight is 321 g/mol. The average Bonchev–Trinajstić information content (AvgIpc) is 2.94. The molecule has 128 valence electrons. The van der Waals surface area contributed by atoms with Crippen molar-refractivity contribution in [1.82, 2.24) is 0 Å². The van der Waals surface area contributed by atoms with Crippen LogP contribution in [0.4, 0.5) is 0 Å². The van der Waals surface area contributed by atoms with E-state index in [0.717, 1.165) is 24.0 Å². The molecule has 0 bridgehead atoms. The van der Waals surface area contributed by atoms with Gasteiger partial charge in [-0.2, -0.15) is 0 Å². The molecule has 2 rings (SSSR count). The molecule has 4 heteroatoms. The number of ether oxygens (including phenoxy) is 3. The number of esters is 1. The lowest BCUT2D eigenvalue weighted by molar-refractivity contribution is -0.141. The fraction of sp³-hybridized carbons (Fsp3) is 0.632. The van der Waals surface area contributed by atoms with Crippen LogP contribution in [0, 0.1) is 5.41 Å². The molecule has 0 aromatic heterocycles. The number of allylic oxidation sites excluding steroid dienone is 4. The Bertz CT molecular complexity index is 546. The summed E-state index contributed by atoms with van der Waals surface area (Å²) in [6, 6.07) is 0. The summed E-state index contributed by atoms with van der Waals surface area (Å²) in [7, 11) is 0. The first-order valence-electron chi connectivity index (χ1n) is 8.33. The van der Waals surface area contributed by atoms with Crippen LogP contribution in [0.15, 0.2) is 34.9 Å². The molecule has 0 N–H and O–H groups in total. The molecule has 23 heavy (non-hydrogen) atoms. The second-order valence-corrected chi connectivity index (χ2v) is 6.85. The van der Waals surface area contributed by atoms with Gasteiger partial charge in [-0.05, 0) is 49.3 Å². The zero-order valence-corrected chi connectivity index (χ0v) is 14.9. The SMILES string of the molecule is CCOC(=O)/C=C(C)/C=C/C1=C(C)[13C]2(CCC1(C)C)OCCO2. The predicted molar refractivity (Wildman–Crippen MR) is 89.9 cm³/mol. The molecule has 1 spiro atoms. The van der Waals surface area contributed by atoms with Gasteiger partial charge in [0.25, 0.3) is 0 Å². The molecule has 1 aliphatic heterocycles. The quantitative estimate of drug-likeness (QED) is 0.341. The van der Waals surface area contributed by atoms with Gasteiger partial charge in [0.15, 0.2) is 5.79 Å². The molecule has 0 radical (unpaired) electrons. The summed E-state index contributed by atoms with van der Waals surface area (Å²) in [6.07, 6.45) is 7.47. The summed E-state index contributed by atoms with van der Waals surface area (Å²) in [4.78, 5) is 11.5. The van der Waals surface area contributed by atoms with Crippen molar-refractivity contribution in [1.29, 1.82) is 0 Å². The number of carbonyl (C=O) groups is 1. The monoisotopic (exact) mass is 321 g/mol. The van der Waals surface area contributed by atoms with Crippen LogP contribution in [-0.4, -0.2) is 31.6 Å². The molecule has 1 saturated heterocycles. The summed E-state index contributed by atoms with van der Waals surface area (Å²) in [5.41, 5.74) is 3.30. The van der Waals surface area contributed by atoms with E-state index in [-0.39, 0.29) is 11.4 Å². The highest BCUT2D eigenvalue weighted by atomic mass is 16.8. The Morgan fingerprint density at radius 2 is 1.91 bits per heavy atom. The van der Waals surface area contributed by atoms with Gasteiger partial charge in [-0.25, -0.2) is 4.79 Å². The molecule has 0 aromatic carbocycles. The lowest BCUT2D eigenvalue weighted by Gasteiger charge is -2.42. The van der Waals surface area contributed by atoms with Gasteiger partial charge in [0.2, 0.25) is 0 Å². The van der Waals surface area contributed by atoms with Crippen molar-refractivity contribution < 1.29 is 19.0 Å². The molecule has 4 nitrogen and oxygen atoms in total. The molecule has 1 fully saturated rings. The van der Waals surface area contributed by atoms with E-state index in [1.807, 2.05) is 13.0 Å². The third-order valence-corrected chi connectivity index (χ3v) is 4.68. The third-order valence-electron chi connectivity index (χ3n) is 4.68. The van der Waals surface area contributed by atoms with E-state index in [0.29, 0.717) is 19.8 Å². The molecular weight excluding hydrogens is 293 g/mol. The highest BCUT2D eigenvalue weighted by molar-refractivity contribution is 5.83. The number of hydrogen-bond donors (Lipinski definition) is 0. The van der Waals surface area contributed by atoms with Crippen molar-refractivity contribution in [3.63, 3.8) is 0 Å². The molecule has 1 heterocycles. The zero-order chi connectivity index (χ0) is 17.1. The minimum atomic E-state index is -0.548. The van der Waals surface area contributed by atoms with E-state index >= 15 is 0 Å². The minimum Gasteiger partial charge on any atom is -0.463 e. The Morgan fingerprint density at radius 1 is 1.26 bits per heavy atom. The van der Waals surface area contributed by atoms with Crippen LogP contribution in [0.25, 0.3) is 0 Å². The Balaban J connectivity index is 2.27. The van der Waals surface area contributed by atoms with Gasteiger partial charge >= 0.3 is 5.97 Å². The van der Waals surface area contributed by atoms with E-state index in [2.05, 4.69) is 26.8 Å². The van der Waals surface area contributed by atoms with E-state index < -0.39 is 5.79 Å². The summed E-state index contributed by atoms with van der Waals surface area (Å²) in [6.45, 7) is 12.0. The number of rotatable bonds is 4. The van der Waals surface area contributed by atoms with Crippen LogP contribution in [0.2, 0.25) is 0 Å². The fourth-order valence-corrected chi connectivity index (χ4v) is 3.31. The third kappa shape index (κ3) is 3.93. The van der Waals surface area contributed by atoms with Gasteiger partial charge in [-0.15, -0.1) is 0 Å². The standard InChI is InChI=1S/C19H28O4/c1-6-21-17(20)13-14(2)7-8-16-15(3)19(22-11-12-23-19)10-9-18(16,4)5/h7-8,13H,6,9-12H2,1-5H3/b8-7+,14-13+/i19+1. The summed E-state index contributed by atoms with van der Waals surface area (Å²) >= 11 is 0. The van der Waals surface area contributed by atoms with Crippen molar-refractivity contribution in [2.45, 2.75) is 53.2 Å². The van der Waals surface area contributed by atoms with E-state index in [4.69, 9.17) is 14.2 Å². The van der Waals surface area contributed by atoms with Crippen molar-refractivity contribution in [3.8, 4) is 0 Å². The van der Waals surface area contributed by atoms with Crippen molar-refractivity contribution in [3.05, 3.63) is 34.9 Å². The fourth-order valence-electron chi connectivity index (χ4n) is 3.31. The second kappa shape index (κ2) is 7.02. The van der Waals surface area contributed by atoms with Gasteiger partial charge in [-0.3, -0.25) is 0 Å². The lowest BCUT2D eigenvalue weighted by atomic mass is 9.75. The number of hydrogen-bond acceptors (Lipinski definition) is 4. The molecule has 2 aliphatic rings. The highest BCUT2D eigenvalue weighted by Crippen LogP contribution is 2.48. The molecular formula is C19H28O4. The summed E-state index contributed by atoms with van der Waals surface area (Å²) in [5, 5.41) is 0. The molecule has 0 unspecified atom stereocenters. The summed E-state index contributed by atoms with van der Waals surface area (Å²) < 4.78 is 16.8. The van der Waals surface area contributed by atoms with E-state index in [1.54, 1.807) is 6.92 Å². The topological polar surface area (TPSA) is 44.8 Å². The van der Waals surface area contributed by atoms with Crippen LogP contribution < -0.4 is 0 Å². The van der Waals surface area contributed by atoms with Crippen LogP contribution in [0.5, 0.6) is 0 Å². The van der Waals surface area contributed by atoms with Gasteiger partial charge < -0.3 is 14.2 Å². The predicted octanol–water partition coefficient (Wildman–Crippen LogP) is 3.93. The Morgan fingerprint density at radius 3 is 2.52 bits per heavy atom. The minimum absolute atomic E-state index is 0.0609. The van der Waals surface area contributed by atoms with Crippen molar-refractivity contribution >= 4 is 5.97 Å². The van der Waals surface area contributed by atoms with E-state index in [9.17, 15) is 4.79 Å². The van der Waals surface area contributed by atoms with Gasteiger partial charge in [0.1, 0.15) is 0 Å². The van der Waals surface area contributed by atoms with E-state index in [1.165, 1.54) is 11.6 Å². The van der Waals surface area contributed by atoms with Crippen LogP contribution in [0.1, 0.15) is 47.5 Å². The second-order valence-electron chi connectivity index (χ2n) is 6.85. The Hall–Kier alpha value is -1.39.